The minimum atomic E-state index is 0.579. The molecule has 4 nitrogen and oxygen atoms in total. The Hall–Kier alpha value is -2.59. The number of methoxy groups -OCH3 is 1. The largest absolute Gasteiger partial charge is 0.481 e. The number of benzene rings is 1. The van der Waals surface area contributed by atoms with Gasteiger partial charge in [-0.3, -0.25) is 0 Å². The lowest BCUT2D eigenvalue weighted by Gasteiger charge is -2.07. The van der Waals surface area contributed by atoms with Crippen LogP contribution in [0, 0.1) is 0 Å². The van der Waals surface area contributed by atoms with Gasteiger partial charge in [0.05, 0.1) is 19.0 Å². The van der Waals surface area contributed by atoms with Crippen molar-refractivity contribution in [2.24, 2.45) is 0 Å². The number of pyridine rings is 2. The second-order valence-electron chi connectivity index (χ2n) is 4.66. The summed E-state index contributed by atoms with van der Waals surface area (Å²) in [6.45, 7) is 0. The molecule has 2 heterocycles. The van der Waals surface area contributed by atoms with Gasteiger partial charge in [0.25, 0.3) is 0 Å². The van der Waals surface area contributed by atoms with Crippen LogP contribution in [0.15, 0.2) is 60.9 Å². The van der Waals surface area contributed by atoms with Crippen LogP contribution in [0.5, 0.6) is 5.88 Å². The van der Waals surface area contributed by atoms with E-state index in [1.807, 2.05) is 48.7 Å². The van der Waals surface area contributed by atoms with Gasteiger partial charge in [0, 0.05) is 22.8 Å². The second kappa shape index (κ2) is 6.45. The molecule has 0 unspecified atom stereocenters. The Morgan fingerprint density at radius 2 is 1.86 bits per heavy atom. The fourth-order valence-electron chi connectivity index (χ4n) is 2.03. The van der Waals surface area contributed by atoms with Crippen LogP contribution < -0.4 is 10.1 Å². The van der Waals surface area contributed by atoms with Gasteiger partial charge in [-0.1, -0.05) is 23.7 Å². The van der Waals surface area contributed by atoms with Crippen molar-refractivity contribution in [1.29, 1.82) is 0 Å². The molecule has 3 aromatic rings. The average Bonchev–Trinajstić information content (AvgIpc) is 2.56. The van der Waals surface area contributed by atoms with Gasteiger partial charge in [0.2, 0.25) is 5.88 Å². The summed E-state index contributed by atoms with van der Waals surface area (Å²) < 4.78 is 5.03. The minimum absolute atomic E-state index is 0.579. The standard InChI is InChI=1S/C17H14ClN3O/c1-22-17-8-6-15(11-20-17)21-16-7-5-13(10-19-16)12-3-2-4-14(18)9-12/h2-11H,1H3,(H,19,21). The number of ether oxygens (including phenoxy) is 1. The maximum Gasteiger partial charge on any atom is 0.213 e. The van der Waals surface area contributed by atoms with Crippen LogP contribution in [0.2, 0.25) is 5.02 Å². The third-order valence-electron chi connectivity index (χ3n) is 3.14. The first-order valence-corrected chi connectivity index (χ1v) is 7.11. The van der Waals surface area contributed by atoms with Crippen molar-refractivity contribution < 1.29 is 4.74 Å². The van der Waals surface area contributed by atoms with Crippen molar-refractivity contribution in [3.8, 4) is 17.0 Å². The topological polar surface area (TPSA) is 47.0 Å². The van der Waals surface area contributed by atoms with Crippen molar-refractivity contribution in [2.45, 2.75) is 0 Å². The number of halogens is 1. The quantitative estimate of drug-likeness (QED) is 0.768. The number of aromatic nitrogens is 2. The molecule has 110 valence electrons. The molecular formula is C17H14ClN3O. The molecule has 5 heteroatoms. The van der Waals surface area contributed by atoms with E-state index in [2.05, 4.69) is 15.3 Å². The van der Waals surface area contributed by atoms with Crippen molar-refractivity contribution in [2.75, 3.05) is 12.4 Å². The molecule has 0 aliphatic rings. The zero-order valence-corrected chi connectivity index (χ0v) is 12.7. The summed E-state index contributed by atoms with van der Waals surface area (Å²) in [6.07, 6.45) is 3.51. The van der Waals surface area contributed by atoms with Gasteiger partial charge in [-0.05, 0) is 35.9 Å². The van der Waals surface area contributed by atoms with Gasteiger partial charge in [0.15, 0.2) is 0 Å². The molecule has 0 saturated carbocycles. The Balaban J connectivity index is 1.76. The van der Waals surface area contributed by atoms with Crippen molar-refractivity contribution in [3.63, 3.8) is 0 Å². The van der Waals surface area contributed by atoms with Gasteiger partial charge >= 0.3 is 0 Å². The molecule has 3 rings (SSSR count). The van der Waals surface area contributed by atoms with Gasteiger partial charge in [0.1, 0.15) is 5.82 Å². The summed E-state index contributed by atoms with van der Waals surface area (Å²) in [4.78, 5) is 8.55. The zero-order valence-electron chi connectivity index (χ0n) is 12.0. The summed E-state index contributed by atoms with van der Waals surface area (Å²) >= 11 is 6.01. The van der Waals surface area contributed by atoms with Gasteiger partial charge in [-0.2, -0.15) is 0 Å². The van der Waals surface area contributed by atoms with Crippen LogP contribution in [-0.2, 0) is 0 Å². The van der Waals surface area contributed by atoms with Crippen LogP contribution in [0.3, 0.4) is 0 Å². The highest BCUT2D eigenvalue weighted by molar-refractivity contribution is 6.30. The highest BCUT2D eigenvalue weighted by Gasteiger charge is 2.01. The van der Waals surface area contributed by atoms with Crippen LogP contribution in [0.4, 0.5) is 11.5 Å². The number of rotatable bonds is 4. The summed E-state index contributed by atoms with van der Waals surface area (Å²) in [5, 5.41) is 3.90. The molecule has 2 aromatic heterocycles. The van der Waals surface area contributed by atoms with Crippen molar-refractivity contribution in [1.82, 2.24) is 9.97 Å². The summed E-state index contributed by atoms with van der Waals surface area (Å²) in [5.41, 5.74) is 2.90. The summed E-state index contributed by atoms with van der Waals surface area (Å²) in [5.74, 6) is 1.33. The van der Waals surface area contributed by atoms with Crippen LogP contribution in [0.1, 0.15) is 0 Å². The zero-order chi connectivity index (χ0) is 15.4. The van der Waals surface area contributed by atoms with E-state index in [0.29, 0.717) is 10.9 Å². The average molecular weight is 312 g/mol. The fraction of sp³-hybridized carbons (Fsp3) is 0.0588. The third-order valence-corrected chi connectivity index (χ3v) is 3.37. The predicted molar refractivity (Wildman–Crippen MR) is 88.8 cm³/mol. The summed E-state index contributed by atoms with van der Waals surface area (Å²) in [7, 11) is 1.59. The second-order valence-corrected chi connectivity index (χ2v) is 5.09. The molecule has 0 radical (unpaired) electrons. The maximum atomic E-state index is 6.01. The Morgan fingerprint density at radius 1 is 0.955 bits per heavy atom. The third kappa shape index (κ3) is 3.35. The van der Waals surface area contributed by atoms with Crippen molar-refractivity contribution in [3.05, 3.63) is 65.9 Å². The predicted octanol–water partition coefficient (Wildman–Crippen LogP) is 4.55. The van der Waals surface area contributed by atoms with Gasteiger partial charge in [-0.15, -0.1) is 0 Å². The summed E-state index contributed by atoms with van der Waals surface area (Å²) in [6, 6.07) is 15.3. The highest BCUT2D eigenvalue weighted by Crippen LogP contribution is 2.23. The first kappa shape index (κ1) is 14.4. The maximum absolute atomic E-state index is 6.01. The van der Waals surface area contributed by atoms with E-state index in [1.54, 1.807) is 19.4 Å². The SMILES string of the molecule is COc1ccc(Nc2ccc(-c3cccc(Cl)c3)cn2)cn1. The fourth-order valence-corrected chi connectivity index (χ4v) is 2.22. The highest BCUT2D eigenvalue weighted by atomic mass is 35.5. The van der Waals surface area contributed by atoms with E-state index < -0.39 is 0 Å². The molecule has 1 N–H and O–H groups in total. The Kier molecular flexibility index (Phi) is 4.21. The van der Waals surface area contributed by atoms with E-state index in [-0.39, 0.29) is 0 Å². The molecule has 22 heavy (non-hydrogen) atoms. The molecule has 0 amide bonds. The van der Waals surface area contributed by atoms with Crippen LogP contribution in [0.25, 0.3) is 11.1 Å². The van der Waals surface area contributed by atoms with Gasteiger partial charge in [-0.25, -0.2) is 9.97 Å². The number of hydrogen-bond acceptors (Lipinski definition) is 4. The first-order chi connectivity index (χ1) is 10.7. The van der Waals surface area contributed by atoms with Crippen molar-refractivity contribution >= 4 is 23.1 Å². The Morgan fingerprint density at radius 3 is 2.50 bits per heavy atom. The first-order valence-electron chi connectivity index (χ1n) is 6.74. The van der Waals surface area contributed by atoms with E-state index in [1.165, 1.54) is 0 Å². The number of nitrogens with one attached hydrogen (secondary N) is 1. The normalized spacial score (nSPS) is 10.3. The van der Waals surface area contributed by atoms with Gasteiger partial charge < -0.3 is 10.1 Å². The molecular weight excluding hydrogens is 298 g/mol. The molecule has 0 atom stereocenters. The number of nitrogens with zero attached hydrogens (tertiary/aromatic N) is 2. The number of hydrogen-bond donors (Lipinski definition) is 1. The number of anilines is 2. The monoisotopic (exact) mass is 311 g/mol. The smallest absolute Gasteiger partial charge is 0.213 e. The molecule has 0 fully saturated rings. The molecule has 1 aromatic carbocycles. The molecule has 0 aliphatic heterocycles. The Labute approximate surface area is 133 Å². The van der Waals surface area contributed by atoms with E-state index in [4.69, 9.17) is 16.3 Å². The molecule has 0 spiro atoms. The van der Waals surface area contributed by atoms with E-state index >= 15 is 0 Å². The van der Waals surface area contributed by atoms with Crippen LogP contribution in [-0.4, -0.2) is 17.1 Å². The molecule has 0 aliphatic carbocycles. The minimum Gasteiger partial charge on any atom is -0.481 e. The van der Waals surface area contributed by atoms with E-state index in [9.17, 15) is 0 Å². The Bertz CT molecular complexity index is 758. The lowest BCUT2D eigenvalue weighted by atomic mass is 10.1. The molecule has 0 bridgehead atoms. The molecule has 0 saturated heterocycles. The lowest BCUT2D eigenvalue weighted by molar-refractivity contribution is 0.398. The lowest BCUT2D eigenvalue weighted by Crippen LogP contribution is -1.95. The van der Waals surface area contributed by atoms with Crippen LogP contribution >= 0.6 is 11.6 Å². The van der Waals surface area contributed by atoms with E-state index in [0.717, 1.165) is 22.6 Å².